The fourth-order valence-electron chi connectivity index (χ4n) is 2.13. The summed E-state index contributed by atoms with van der Waals surface area (Å²) >= 11 is 3.46. The van der Waals surface area contributed by atoms with Gasteiger partial charge in [-0.3, -0.25) is 9.36 Å². The van der Waals surface area contributed by atoms with Crippen LogP contribution in [-0.4, -0.2) is 24.7 Å². The molecule has 0 aliphatic heterocycles. The lowest BCUT2D eigenvalue weighted by Gasteiger charge is -2.16. The highest BCUT2D eigenvalue weighted by molar-refractivity contribution is 9.10. The van der Waals surface area contributed by atoms with Crippen molar-refractivity contribution in [2.75, 3.05) is 0 Å². The van der Waals surface area contributed by atoms with Crippen LogP contribution in [0.3, 0.4) is 0 Å². The van der Waals surface area contributed by atoms with Gasteiger partial charge < -0.3 is 5.11 Å². The van der Waals surface area contributed by atoms with Crippen molar-refractivity contribution in [2.24, 2.45) is 7.05 Å². The molecule has 2 heterocycles. The van der Waals surface area contributed by atoms with Crippen molar-refractivity contribution < 1.29 is 5.11 Å². The number of aryl methyl sites for hydroxylation is 2. The number of rotatable bonds is 4. The van der Waals surface area contributed by atoms with Gasteiger partial charge in [-0.25, -0.2) is 0 Å². The molecule has 2 aromatic heterocycles. The molecule has 2 rings (SSSR count). The third-order valence-corrected chi connectivity index (χ3v) is 3.76. The van der Waals surface area contributed by atoms with E-state index in [0.29, 0.717) is 0 Å². The summed E-state index contributed by atoms with van der Waals surface area (Å²) in [6, 6.07) is 2.13. The first-order valence-corrected chi connectivity index (χ1v) is 7.18. The number of aliphatic hydroxyl groups is 1. The van der Waals surface area contributed by atoms with Crippen LogP contribution >= 0.6 is 15.9 Å². The van der Waals surface area contributed by atoms with Gasteiger partial charge in [0.1, 0.15) is 6.10 Å². The van der Waals surface area contributed by atoms with Gasteiger partial charge >= 0.3 is 0 Å². The van der Waals surface area contributed by atoms with Crippen LogP contribution in [0.2, 0.25) is 0 Å². The molecule has 0 saturated carbocycles. The van der Waals surface area contributed by atoms with Gasteiger partial charge in [0.2, 0.25) is 0 Å². The van der Waals surface area contributed by atoms with E-state index in [4.69, 9.17) is 0 Å². The maximum absolute atomic E-state index is 10.6. The summed E-state index contributed by atoms with van der Waals surface area (Å²) < 4.78 is 4.37. The predicted molar refractivity (Wildman–Crippen MR) is 77.0 cm³/mol. The highest BCUT2D eigenvalue weighted by Gasteiger charge is 2.23. The standard InChI is InChI=1S/C13H19BrN4O/c1-5-9-6-11(17(4)16-9)13(19)12-10(14)7-15-18(12)8(2)3/h6-8,13,19H,5H2,1-4H3. The zero-order chi connectivity index (χ0) is 14.2. The molecule has 0 aliphatic rings. The van der Waals surface area contributed by atoms with Crippen LogP contribution in [0.5, 0.6) is 0 Å². The third kappa shape index (κ3) is 2.60. The Hall–Kier alpha value is -1.14. The minimum atomic E-state index is -0.739. The Morgan fingerprint density at radius 1 is 1.42 bits per heavy atom. The quantitative estimate of drug-likeness (QED) is 0.939. The summed E-state index contributed by atoms with van der Waals surface area (Å²) in [5.41, 5.74) is 2.52. The number of halogens is 1. The Labute approximate surface area is 121 Å². The second-order valence-corrected chi connectivity index (χ2v) is 5.71. The summed E-state index contributed by atoms with van der Waals surface area (Å²) in [7, 11) is 1.85. The molecule has 19 heavy (non-hydrogen) atoms. The number of aliphatic hydroxyl groups excluding tert-OH is 1. The first-order valence-electron chi connectivity index (χ1n) is 6.39. The minimum absolute atomic E-state index is 0.190. The van der Waals surface area contributed by atoms with Crippen molar-refractivity contribution in [3.8, 4) is 0 Å². The fraction of sp³-hybridized carbons (Fsp3) is 0.538. The molecule has 6 heteroatoms. The average molecular weight is 327 g/mol. The maximum Gasteiger partial charge on any atom is 0.138 e. The highest BCUT2D eigenvalue weighted by atomic mass is 79.9. The molecule has 0 aromatic carbocycles. The molecular formula is C13H19BrN4O. The van der Waals surface area contributed by atoms with Crippen LogP contribution in [0, 0.1) is 0 Å². The zero-order valence-corrected chi connectivity index (χ0v) is 13.2. The molecule has 0 aliphatic carbocycles. The van der Waals surface area contributed by atoms with E-state index < -0.39 is 6.10 Å². The lowest BCUT2D eigenvalue weighted by atomic mass is 10.1. The molecule has 1 N–H and O–H groups in total. The van der Waals surface area contributed by atoms with Gasteiger partial charge in [-0.05, 0) is 42.3 Å². The Balaban J connectivity index is 2.46. The fourth-order valence-corrected chi connectivity index (χ4v) is 2.62. The Bertz CT molecular complexity index is 573. The second-order valence-electron chi connectivity index (χ2n) is 4.86. The highest BCUT2D eigenvalue weighted by Crippen LogP contribution is 2.30. The van der Waals surface area contributed by atoms with Crippen LogP contribution in [0.15, 0.2) is 16.7 Å². The van der Waals surface area contributed by atoms with Gasteiger partial charge in [-0.2, -0.15) is 10.2 Å². The van der Waals surface area contributed by atoms with Gasteiger partial charge in [0.15, 0.2) is 0 Å². The average Bonchev–Trinajstić information content (AvgIpc) is 2.91. The normalized spacial score (nSPS) is 13.2. The van der Waals surface area contributed by atoms with E-state index in [1.54, 1.807) is 10.9 Å². The molecule has 1 atom stereocenters. The van der Waals surface area contributed by atoms with Crippen LogP contribution in [0.1, 0.15) is 50.0 Å². The third-order valence-electron chi connectivity index (χ3n) is 3.14. The van der Waals surface area contributed by atoms with E-state index >= 15 is 0 Å². The number of aromatic nitrogens is 4. The van der Waals surface area contributed by atoms with Crippen molar-refractivity contribution in [3.63, 3.8) is 0 Å². The molecule has 0 saturated heterocycles. The minimum Gasteiger partial charge on any atom is -0.380 e. The Morgan fingerprint density at radius 2 is 2.11 bits per heavy atom. The summed E-state index contributed by atoms with van der Waals surface area (Å²) in [6.45, 7) is 6.12. The van der Waals surface area contributed by atoms with Crippen LogP contribution in [0.4, 0.5) is 0 Å². The van der Waals surface area contributed by atoms with E-state index in [-0.39, 0.29) is 6.04 Å². The molecule has 2 aromatic rings. The molecule has 5 nitrogen and oxygen atoms in total. The Morgan fingerprint density at radius 3 is 2.63 bits per heavy atom. The number of hydrogen-bond donors (Lipinski definition) is 1. The monoisotopic (exact) mass is 326 g/mol. The van der Waals surface area contributed by atoms with E-state index in [1.807, 2.05) is 38.6 Å². The summed E-state index contributed by atoms with van der Waals surface area (Å²) in [6.07, 6.45) is 1.83. The van der Waals surface area contributed by atoms with E-state index in [1.165, 1.54) is 0 Å². The predicted octanol–water partition coefficient (Wildman–Crippen LogP) is 2.60. The van der Waals surface area contributed by atoms with Crippen molar-refractivity contribution in [3.05, 3.63) is 33.8 Å². The van der Waals surface area contributed by atoms with Crippen LogP contribution in [0.25, 0.3) is 0 Å². The molecule has 0 spiro atoms. The zero-order valence-electron chi connectivity index (χ0n) is 11.6. The smallest absolute Gasteiger partial charge is 0.138 e. The molecule has 104 valence electrons. The first-order chi connectivity index (χ1) is 8.95. The van der Waals surface area contributed by atoms with Gasteiger partial charge in [0.05, 0.1) is 27.8 Å². The van der Waals surface area contributed by atoms with Crippen LogP contribution < -0.4 is 0 Å². The first kappa shape index (κ1) is 14.3. The van der Waals surface area contributed by atoms with Crippen molar-refractivity contribution in [1.29, 1.82) is 0 Å². The molecule has 0 amide bonds. The molecule has 0 radical (unpaired) electrons. The van der Waals surface area contributed by atoms with E-state index in [0.717, 1.165) is 28.0 Å². The van der Waals surface area contributed by atoms with Crippen molar-refractivity contribution in [1.82, 2.24) is 19.6 Å². The van der Waals surface area contributed by atoms with E-state index in [9.17, 15) is 5.11 Å². The van der Waals surface area contributed by atoms with Gasteiger partial charge in [-0.1, -0.05) is 6.92 Å². The lowest BCUT2D eigenvalue weighted by molar-refractivity contribution is 0.194. The van der Waals surface area contributed by atoms with Crippen LogP contribution in [-0.2, 0) is 13.5 Å². The molecule has 0 fully saturated rings. The SMILES string of the molecule is CCc1cc(C(O)c2c(Br)cnn2C(C)C)n(C)n1. The van der Waals surface area contributed by atoms with Crippen molar-refractivity contribution in [2.45, 2.75) is 39.3 Å². The largest absolute Gasteiger partial charge is 0.380 e. The topological polar surface area (TPSA) is 55.9 Å². The summed E-state index contributed by atoms with van der Waals surface area (Å²) in [5, 5.41) is 19.3. The second kappa shape index (κ2) is 5.46. The van der Waals surface area contributed by atoms with Crippen molar-refractivity contribution >= 4 is 15.9 Å². The molecule has 0 bridgehead atoms. The van der Waals surface area contributed by atoms with E-state index in [2.05, 4.69) is 26.1 Å². The van der Waals surface area contributed by atoms with Gasteiger partial charge in [-0.15, -0.1) is 0 Å². The number of nitrogens with zero attached hydrogens (tertiary/aromatic N) is 4. The van der Waals surface area contributed by atoms with Gasteiger partial charge in [0, 0.05) is 13.1 Å². The molecule has 1 unspecified atom stereocenters. The summed E-state index contributed by atoms with van der Waals surface area (Å²) in [5.74, 6) is 0. The van der Waals surface area contributed by atoms with Gasteiger partial charge in [0.25, 0.3) is 0 Å². The molecular weight excluding hydrogens is 308 g/mol. The maximum atomic E-state index is 10.6. The lowest BCUT2D eigenvalue weighted by Crippen LogP contribution is -2.15. The summed E-state index contributed by atoms with van der Waals surface area (Å²) in [4.78, 5) is 0. The number of hydrogen-bond acceptors (Lipinski definition) is 3. The Kier molecular flexibility index (Phi) is 4.10.